The third kappa shape index (κ3) is 29.1. The molecule has 9 nitrogen and oxygen atoms in total. The average molecular weight is 623 g/mol. The maximum Gasteiger partial charge on any atom is 0.472 e. The van der Waals surface area contributed by atoms with Crippen molar-refractivity contribution in [1.82, 2.24) is 0 Å². The van der Waals surface area contributed by atoms with E-state index in [1.54, 1.807) is 0 Å². The molecule has 0 aliphatic heterocycles. The van der Waals surface area contributed by atoms with Crippen molar-refractivity contribution >= 4 is 19.8 Å². The highest BCUT2D eigenvalue weighted by molar-refractivity contribution is 7.47. The van der Waals surface area contributed by atoms with Gasteiger partial charge >= 0.3 is 19.8 Å². The van der Waals surface area contributed by atoms with E-state index < -0.39 is 26.5 Å². The van der Waals surface area contributed by atoms with Crippen LogP contribution in [-0.4, -0.2) is 74.9 Å². The van der Waals surface area contributed by atoms with Crippen molar-refractivity contribution in [2.45, 2.75) is 148 Å². The van der Waals surface area contributed by atoms with Crippen molar-refractivity contribution in [2.24, 2.45) is 0 Å². The first-order chi connectivity index (χ1) is 20.0. The summed E-state index contributed by atoms with van der Waals surface area (Å²) in [7, 11) is 1.48. The van der Waals surface area contributed by atoms with Crippen molar-refractivity contribution in [1.29, 1.82) is 0 Å². The lowest BCUT2D eigenvalue weighted by Gasteiger charge is -2.24. The molecule has 42 heavy (non-hydrogen) atoms. The van der Waals surface area contributed by atoms with Gasteiger partial charge in [0.1, 0.15) is 19.8 Å². The topological polar surface area (TPSA) is 108 Å². The standard InChI is InChI=1S/C32H64NO8P/c1-6-8-10-12-14-15-16-17-18-19-21-22-24-31(34)38-28-30(41-32(35)25-23-20-13-11-9-7-2)29-40-42(36,37)39-27-26-33(3,4)5/h30H,6-29H2,1-5H3/p+1/t30-/m1/s1. The zero-order valence-electron chi connectivity index (χ0n) is 27.7. The fourth-order valence-corrected chi connectivity index (χ4v) is 5.17. The molecule has 2 atom stereocenters. The van der Waals surface area contributed by atoms with Crippen LogP contribution in [0.5, 0.6) is 0 Å². The first-order valence-electron chi connectivity index (χ1n) is 16.8. The summed E-state index contributed by atoms with van der Waals surface area (Å²) in [6.45, 7) is 4.33. The number of phosphoric ester groups is 1. The Morgan fingerprint density at radius 1 is 0.643 bits per heavy atom. The van der Waals surface area contributed by atoms with Crippen molar-refractivity contribution in [3.63, 3.8) is 0 Å². The minimum atomic E-state index is -4.34. The molecule has 10 heteroatoms. The summed E-state index contributed by atoms with van der Waals surface area (Å²) in [6.07, 6.45) is 20.3. The molecule has 0 saturated heterocycles. The summed E-state index contributed by atoms with van der Waals surface area (Å²) in [5.41, 5.74) is 0. The Hall–Kier alpha value is -0.990. The molecule has 0 bridgehead atoms. The van der Waals surface area contributed by atoms with Crippen LogP contribution in [0.4, 0.5) is 0 Å². The van der Waals surface area contributed by atoms with E-state index in [2.05, 4.69) is 13.8 Å². The van der Waals surface area contributed by atoms with Crippen LogP contribution >= 0.6 is 7.82 Å². The number of unbranched alkanes of at least 4 members (excludes halogenated alkanes) is 16. The molecule has 250 valence electrons. The number of nitrogens with zero attached hydrogens (tertiary/aromatic N) is 1. The van der Waals surface area contributed by atoms with E-state index in [1.807, 2.05) is 21.1 Å². The molecule has 0 saturated carbocycles. The average Bonchev–Trinajstić information content (AvgIpc) is 2.92. The van der Waals surface area contributed by atoms with Crippen molar-refractivity contribution in [2.75, 3.05) is 47.5 Å². The molecule has 0 aliphatic rings. The van der Waals surface area contributed by atoms with Crippen molar-refractivity contribution in [3.8, 4) is 0 Å². The molecule has 0 aliphatic carbocycles. The van der Waals surface area contributed by atoms with Gasteiger partial charge in [0.05, 0.1) is 27.7 Å². The normalized spacial score (nSPS) is 14.0. The lowest BCUT2D eigenvalue weighted by Crippen LogP contribution is -2.37. The largest absolute Gasteiger partial charge is 0.472 e. The summed E-state index contributed by atoms with van der Waals surface area (Å²) < 4.78 is 33.9. The first-order valence-corrected chi connectivity index (χ1v) is 18.3. The highest BCUT2D eigenvalue weighted by Crippen LogP contribution is 2.43. The second-order valence-electron chi connectivity index (χ2n) is 12.6. The van der Waals surface area contributed by atoms with Crippen LogP contribution in [0.25, 0.3) is 0 Å². The zero-order chi connectivity index (χ0) is 31.5. The van der Waals surface area contributed by atoms with Crippen LogP contribution in [0.1, 0.15) is 142 Å². The molecule has 1 N–H and O–H groups in total. The molecule has 0 aromatic heterocycles. The SMILES string of the molecule is CCCCCCCCCCCCCCC(=O)OC[C@H](COP(=O)(O)OCC[N+](C)(C)C)OC(=O)CCCCCCCC. The van der Waals surface area contributed by atoms with E-state index in [-0.39, 0.29) is 25.6 Å². The number of ether oxygens (including phenoxy) is 2. The fraction of sp³-hybridized carbons (Fsp3) is 0.938. The highest BCUT2D eigenvalue weighted by atomic mass is 31.2. The molecule has 0 amide bonds. The van der Waals surface area contributed by atoms with E-state index in [0.29, 0.717) is 23.9 Å². The van der Waals surface area contributed by atoms with E-state index in [9.17, 15) is 19.0 Å². The number of likely N-dealkylation sites (N-methyl/N-ethyl adjacent to an activating group) is 1. The lowest BCUT2D eigenvalue weighted by atomic mass is 10.0. The Balaban J connectivity index is 4.41. The summed E-state index contributed by atoms with van der Waals surface area (Å²) in [5, 5.41) is 0. The van der Waals surface area contributed by atoms with Gasteiger partial charge < -0.3 is 18.9 Å². The molecular formula is C32H65NO8P+. The molecular weight excluding hydrogens is 557 g/mol. The smallest absolute Gasteiger partial charge is 0.462 e. The lowest BCUT2D eigenvalue weighted by molar-refractivity contribution is -0.870. The molecule has 0 heterocycles. The number of phosphoric acid groups is 1. The Labute approximate surface area is 257 Å². The van der Waals surface area contributed by atoms with Gasteiger partial charge in [0.15, 0.2) is 6.10 Å². The second kappa shape index (κ2) is 26.4. The van der Waals surface area contributed by atoms with Crippen molar-refractivity contribution < 1.29 is 42.1 Å². The zero-order valence-corrected chi connectivity index (χ0v) is 28.6. The fourth-order valence-electron chi connectivity index (χ4n) is 4.42. The van der Waals surface area contributed by atoms with Crippen LogP contribution in [-0.2, 0) is 32.7 Å². The number of rotatable bonds is 30. The van der Waals surface area contributed by atoms with Crippen molar-refractivity contribution in [3.05, 3.63) is 0 Å². The van der Waals surface area contributed by atoms with E-state index in [0.717, 1.165) is 44.9 Å². The quantitative estimate of drug-likeness (QED) is 0.0370. The molecule has 0 aromatic rings. The highest BCUT2D eigenvalue weighted by Gasteiger charge is 2.27. The van der Waals surface area contributed by atoms with Gasteiger partial charge in [-0.25, -0.2) is 4.57 Å². The predicted molar refractivity (Wildman–Crippen MR) is 169 cm³/mol. The number of carbonyl (C=O) groups is 2. The van der Waals surface area contributed by atoms with Gasteiger partial charge in [-0.1, -0.05) is 117 Å². The van der Waals surface area contributed by atoms with Crippen LogP contribution < -0.4 is 0 Å². The van der Waals surface area contributed by atoms with E-state index >= 15 is 0 Å². The summed E-state index contributed by atoms with van der Waals surface area (Å²) in [5.74, 6) is -0.805. The molecule has 0 radical (unpaired) electrons. The third-order valence-corrected chi connectivity index (χ3v) is 8.12. The van der Waals surface area contributed by atoms with Gasteiger partial charge in [-0.3, -0.25) is 18.6 Å². The number of quaternary nitrogens is 1. The van der Waals surface area contributed by atoms with Crippen LogP contribution in [0, 0.1) is 0 Å². The number of carbonyl (C=O) groups excluding carboxylic acids is 2. The summed E-state index contributed by atoms with van der Waals surface area (Å²) in [4.78, 5) is 34.8. The second-order valence-corrected chi connectivity index (χ2v) is 14.0. The molecule has 0 rings (SSSR count). The van der Waals surface area contributed by atoms with Gasteiger partial charge in [0.25, 0.3) is 0 Å². The monoisotopic (exact) mass is 622 g/mol. The Bertz CT molecular complexity index is 713. The number of hydrogen-bond donors (Lipinski definition) is 1. The van der Waals surface area contributed by atoms with Gasteiger partial charge in [-0.05, 0) is 12.8 Å². The predicted octanol–water partition coefficient (Wildman–Crippen LogP) is 8.12. The van der Waals surface area contributed by atoms with Gasteiger partial charge in [-0.2, -0.15) is 0 Å². The molecule has 0 aromatic carbocycles. The first kappa shape index (κ1) is 41.0. The van der Waals surface area contributed by atoms with E-state index in [4.69, 9.17) is 18.5 Å². The summed E-state index contributed by atoms with van der Waals surface area (Å²) >= 11 is 0. The van der Waals surface area contributed by atoms with Gasteiger partial charge in [0.2, 0.25) is 0 Å². The maximum atomic E-state index is 12.4. The van der Waals surface area contributed by atoms with Crippen LogP contribution in [0.3, 0.4) is 0 Å². The minimum Gasteiger partial charge on any atom is -0.462 e. The molecule has 1 unspecified atom stereocenters. The van der Waals surface area contributed by atoms with Crippen LogP contribution in [0.15, 0.2) is 0 Å². The van der Waals surface area contributed by atoms with Crippen LogP contribution in [0.2, 0.25) is 0 Å². The van der Waals surface area contributed by atoms with Gasteiger partial charge in [0, 0.05) is 12.8 Å². The Kier molecular flexibility index (Phi) is 25.8. The molecule has 0 spiro atoms. The summed E-state index contributed by atoms with van der Waals surface area (Å²) in [6, 6.07) is 0. The number of esters is 2. The maximum absolute atomic E-state index is 12.4. The van der Waals surface area contributed by atoms with E-state index in [1.165, 1.54) is 64.2 Å². The van der Waals surface area contributed by atoms with Gasteiger partial charge in [-0.15, -0.1) is 0 Å². The number of hydrogen-bond acceptors (Lipinski definition) is 7. The molecule has 0 fully saturated rings. The minimum absolute atomic E-state index is 0.0355. The Morgan fingerprint density at radius 3 is 1.52 bits per heavy atom. The third-order valence-electron chi connectivity index (χ3n) is 7.14. The Morgan fingerprint density at radius 2 is 1.07 bits per heavy atom.